The number of aliphatic hydroxyl groups is 1. The molecule has 1 saturated carbocycles. The van der Waals surface area contributed by atoms with Gasteiger partial charge < -0.3 is 10.4 Å². The molecule has 2 N–H and O–H groups in total. The molecule has 2 nitrogen and oxygen atoms in total. The minimum absolute atomic E-state index is 0.350. The number of hydrogen-bond acceptors (Lipinski definition) is 2. The van der Waals surface area contributed by atoms with Gasteiger partial charge in [0, 0.05) is 17.7 Å². The Morgan fingerprint density at radius 2 is 2.05 bits per heavy atom. The van der Waals surface area contributed by atoms with Crippen molar-refractivity contribution in [2.45, 2.75) is 38.1 Å². The normalized spacial score (nSPS) is 29.7. The van der Waals surface area contributed by atoms with Crippen LogP contribution in [-0.2, 0) is 6.42 Å². The number of aryl methyl sites for hydroxylation is 1. The van der Waals surface area contributed by atoms with E-state index in [1.54, 1.807) is 0 Å². The van der Waals surface area contributed by atoms with Crippen LogP contribution in [0.3, 0.4) is 0 Å². The molecule has 0 aliphatic heterocycles. The summed E-state index contributed by atoms with van der Waals surface area (Å²) in [6.07, 6.45) is 6.03. The molecule has 3 unspecified atom stereocenters. The Kier molecular flexibility index (Phi) is 4.11. The highest BCUT2D eigenvalue weighted by Gasteiger charge is 2.28. The quantitative estimate of drug-likeness (QED) is 0.886. The summed E-state index contributed by atoms with van der Waals surface area (Å²) in [6, 6.07) is 6.74. The molecule has 3 atom stereocenters. The number of fused-ring (bicyclic) bond motifs is 1. The van der Waals surface area contributed by atoms with Gasteiger partial charge in [-0.1, -0.05) is 24.1 Å². The van der Waals surface area contributed by atoms with Gasteiger partial charge in [0.1, 0.15) is 0 Å². The Balaban J connectivity index is 1.61. The maximum Gasteiger partial charge on any atom is 0.0462 e. The molecule has 0 heterocycles. The van der Waals surface area contributed by atoms with Crippen molar-refractivity contribution < 1.29 is 5.11 Å². The number of nitrogens with one attached hydrogen (secondary N) is 1. The molecule has 104 valence electrons. The largest absolute Gasteiger partial charge is 0.396 e. The van der Waals surface area contributed by atoms with E-state index in [1.807, 2.05) is 6.07 Å². The molecule has 0 amide bonds. The minimum Gasteiger partial charge on any atom is -0.396 e. The molecular weight excluding hydrogens is 258 g/mol. The predicted octanol–water partition coefficient (Wildman–Crippen LogP) is 3.33. The minimum atomic E-state index is 0.350. The van der Waals surface area contributed by atoms with Gasteiger partial charge >= 0.3 is 0 Å². The van der Waals surface area contributed by atoms with Crippen LogP contribution in [0.5, 0.6) is 0 Å². The maximum atomic E-state index is 9.37. The molecule has 1 aromatic carbocycles. The summed E-state index contributed by atoms with van der Waals surface area (Å²) in [5.74, 6) is 1.17. The number of aliphatic hydroxyl groups excluding tert-OH is 1. The first-order valence-electron chi connectivity index (χ1n) is 7.40. The van der Waals surface area contributed by atoms with Gasteiger partial charge in [-0.25, -0.2) is 0 Å². The summed E-state index contributed by atoms with van der Waals surface area (Å²) in [5, 5.41) is 13.9. The van der Waals surface area contributed by atoms with Gasteiger partial charge in [-0.3, -0.25) is 0 Å². The van der Waals surface area contributed by atoms with E-state index in [4.69, 9.17) is 11.6 Å². The topological polar surface area (TPSA) is 32.3 Å². The Morgan fingerprint density at radius 3 is 2.89 bits per heavy atom. The summed E-state index contributed by atoms with van der Waals surface area (Å²) in [7, 11) is 0. The molecule has 3 rings (SSSR count). The van der Waals surface area contributed by atoms with Crippen LogP contribution in [0.25, 0.3) is 0 Å². The lowest BCUT2D eigenvalue weighted by molar-refractivity contribution is 0.190. The second kappa shape index (κ2) is 5.82. The third-order valence-electron chi connectivity index (χ3n) is 4.86. The van der Waals surface area contributed by atoms with Crippen molar-refractivity contribution in [3.05, 3.63) is 34.3 Å². The summed E-state index contributed by atoms with van der Waals surface area (Å²) < 4.78 is 0. The lowest BCUT2D eigenvalue weighted by Gasteiger charge is -2.21. The van der Waals surface area contributed by atoms with Gasteiger partial charge in [0.05, 0.1) is 0 Å². The van der Waals surface area contributed by atoms with E-state index >= 15 is 0 Å². The molecule has 2 aliphatic rings. The van der Waals surface area contributed by atoms with E-state index in [0.29, 0.717) is 24.5 Å². The van der Waals surface area contributed by atoms with Gasteiger partial charge in [0.15, 0.2) is 0 Å². The van der Waals surface area contributed by atoms with Crippen LogP contribution in [-0.4, -0.2) is 18.3 Å². The van der Waals surface area contributed by atoms with Crippen molar-refractivity contribution in [1.82, 2.24) is 5.32 Å². The van der Waals surface area contributed by atoms with Crippen molar-refractivity contribution >= 4 is 11.6 Å². The molecule has 0 saturated heterocycles. The molecule has 1 fully saturated rings. The summed E-state index contributed by atoms with van der Waals surface area (Å²) in [5.41, 5.74) is 2.82. The average Bonchev–Trinajstić information content (AvgIpc) is 3.01. The smallest absolute Gasteiger partial charge is 0.0462 e. The highest BCUT2D eigenvalue weighted by molar-refractivity contribution is 6.30. The first-order valence-corrected chi connectivity index (χ1v) is 7.78. The SMILES string of the molecule is OCC1CCCC1CNC1CCc2cc(Cl)ccc21. The highest BCUT2D eigenvalue weighted by Crippen LogP contribution is 2.35. The van der Waals surface area contributed by atoms with Crippen molar-refractivity contribution in [3.63, 3.8) is 0 Å². The lowest BCUT2D eigenvalue weighted by atomic mass is 9.96. The molecule has 2 aliphatic carbocycles. The zero-order valence-corrected chi connectivity index (χ0v) is 12.0. The fourth-order valence-corrected chi connectivity index (χ4v) is 3.91. The standard InChI is InChI=1S/C16H22ClNO/c17-14-5-6-15-11(8-14)4-7-16(15)18-9-12-2-1-3-13(12)10-19/h5-6,8,12-13,16,18-19H,1-4,7,9-10H2. The van der Waals surface area contributed by atoms with Crippen molar-refractivity contribution in [2.75, 3.05) is 13.2 Å². The number of rotatable bonds is 4. The van der Waals surface area contributed by atoms with E-state index < -0.39 is 0 Å². The van der Waals surface area contributed by atoms with E-state index in [9.17, 15) is 5.11 Å². The fraction of sp³-hybridized carbons (Fsp3) is 0.625. The van der Waals surface area contributed by atoms with E-state index in [0.717, 1.165) is 18.0 Å². The van der Waals surface area contributed by atoms with Crippen LogP contribution in [0.4, 0.5) is 0 Å². The van der Waals surface area contributed by atoms with E-state index in [-0.39, 0.29) is 0 Å². The summed E-state index contributed by atoms with van der Waals surface area (Å²) in [6.45, 7) is 1.39. The van der Waals surface area contributed by atoms with Crippen LogP contribution < -0.4 is 5.32 Å². The second-order valence-corrected chi connectivity index (χ2v) is 6.41. The fourth-order valence-electron chi connectivity index (χ4n) is 3.71. The Hall–Kier alpha value is -0.570. The number of benzene rings is 1. The zero-order valence-electron chi connectivity index (χ0n) is 11.2. The van der Waals surface area contributed by atoms with Crippen LogP contribution in [0.2, 0.25) is 5.02 Å². The van der Waals surface area contributed by atoms with Gasteiger partial charge in [0.25, 0.3) is 0 Å². The third kappa shape index (κ3) is 2.81. The third-order valence-corrected chi connectivity index (χ3v) is 5.10. The van der Waals surface area contributed by atoms with Crippen LogP contribution in [0.1, 0.15) is 42.9 Å². The summed E-state index contributed by atoms with van der Waals surface area (Å²) in [4.78, 5) is 0. The predicted molar refractivity (Wildman–Crippen MR) is 78.4 cm³/mol. The first-order chi connectivity index (χ1) is 9.28. The molecule has 0 aromatic heterocycles. The van der Waals surface area contributed by atoms with Gasteiger partial charge in [-0.2, -0.15) is 0 Å². The Bertz CT molecular complexity index is 448. The number of hydrogen-bond donors (Lipinski definition) is 2. The van der Waals surface area contributed by atoms with Crippen LogP contribution in [0, 0.1) is 11.8 Å². The molecule has 1 aromatic rings. The molecule has 19 heavy (non-hydrogen) atoms. The van der Waals surface area contributed by atoms with Gasteiger partial charge in [-0.05, 0) is 67.3 Å². The Labute approximate surface area is 120 Å². The average molecular weight is 280 g/mol. The van der Waals surface area contributed by atoms with Crippen molar-refractivity contribution in [1.29, 1.82) is 0 Å². The highest BCUT2D eigenvalue weighted by atomic mass is 35.5. The molecule has 0 radical (unpaired) electrons. The van der Waals surface area contributed by atoms with Gasteiger partial charge in [0.2, 0.25) is 0 Å². The van der Waals surface area contributed by atoms with Gasteiger partial charge in [-0.15, -0.1) is 0 Å². The molecular formula is C16H22ClNO. The Morgan fingerprint density at radius 1 is 1.21 bits per heavy atom. The van der Waals surface area contributed by atoms with Crippen LogP contribution >= 0.6 is 11.6 Å². The molecule has 3 heteroatoms. The van der Waals surface area contributed by atoms with Crippen molar-refractivity contribution in [2.24, 2.45) is 11.8 Å². The lowest BCUT2D eigenvalue weighted by Crippen LogP contribution is -2.29. The maximum absolute atomic E-state index is 9.37. The number of halogens is 1. The zero-order chi connectivity index (χ0) is 13.2. The van der Waals surface area contributed by atoms with Crippen LogP contribution in [0.15, 0.2) is 18.2 Å². The van der Waals surface area contributed by atoms with Crippen molar-refractivity contribution in [3.8, 4) is 0 Å². The molecule has 0 bridgehead atoms. The first kappa shape index (κ1) is 13.4. The summed E-state index contributed by atoms with van der Waals surface area (Å²) >= 11 is 6.04. The van der Waals surface area contributed by atoms with E-state index in [1.165, 1.54) is 36.8 Å². The second-order valence-electron chi connectivity index (χ2n) is 5.98. The molecule has 0 spiro atoms. The van der Waals surface area contributed by atoms with E-state index in [2.05, 4.69) is 17.4 Å². The monoisotopic (exact) mass is 279 g/mol.